The first-order valence-electron chi connectivity index (χ1n) is 2.12. The van der Waals surface area contributed by atoms with E-state index in [0.29, 0.717) is 15.2 Å². The lowest BCUT2D eigenvalue weighted by Gasteiger charge is -1.36. The largest absolute Gasteiger partial charge is 0.229 e. The standard InChI is InChI=1S/C2H5.2CH3.Al.H/c1-2;;;;/h1H2,2H3;2*1H3;;. The fourth-order valence-electron chi connectivity index (χ4n) is 0. The highest BCUT2D eigenvalue weighted by Gasteiger charge is 1.48. The van der Waals surface area contributed by atoms with Gasteiger partial charge in [0.1, 0.15) is 0 Å². The average Bonchev–Trinajstić information content (AvgIpc) is 1.46. The van der Waals surface area contributed by atoms with E-state index in [4.69, 9.17) is 0 Å². The van der Waals surface area contributed by atoms with Crippen LogP contribution in [-0.4, -0.2) is 15.2 Å². The molecule has 0 rings (SSSR count). The summed E-state index contributed by atoms with van der Waals surface area (Å²) in [5.74, 6) is 4.53. The van der Waals surface area contributed by atoms with E-state index in [2.05, 4.69) is 18.5 Å². The van der Waals surface area contributed by atoms with Crippen LogP contribution in [0.4, 0.5) is 0 Å². The van der Waals surface area contributed by atoms with E-state index in [1.807, 2.05) is 0 Å². The van der Waals surface area contributed by atoms with Gasteiger partial charge in [0.25, 0.3) is 0 Å². The maximum atomic E-state index is 3.25. The Balaban J connectivity index is 0. The molecule has 5 heavy (non-hydrogen) atoms. The number of hydrogen-bond donors (Lipinski definition) is 0. The Labute approximate surface area is 41.3 Å². The molecule has 0 heterocycles. The topological polar surface area (TPSA) is 0 Å². The Kier molecular flexibility index (Phi) is 43.9. The van der Waals surface area contributed by atoms with E-state index in [1.54, 1.807) is 6.92 Å². The van der Waals surface area contributed by atoms with Crippen molar-refractivity contribution in [3.63, 3.8) is 0 Å². The molecule has 0 N–H and O–H groups in total. The second-order valence-electron chi connectivity index (χ2n) is 0.707. The minimum Gasteiger partial charge on any atom is -0.109 e. The third-order valence-corrected chi connectivity index (χ3v) is 0. The van der Waals surface area contributed by atoms with Crippen LogP contribution >= 0.6 is 0 Å². The second-order valence-corrected chi connectivity index (χ2v) is 2.12. The summed E-state index contributed by atoms with van der Waals surface area (Å²) in [5.41, 5.74) is 0. The van der Waals surface area contributed by atoms with Crippen LogP contribution in [0.15, 0.2) is 0 Å². The summed E-state index contributed by atoms with van der Waals surface area (Å²) in [5, 5.41) is 0. The lowest BCUT2D eigenvalue weighted by molar-refractivity contribution is 1.81. The summed E-state index contributed by atoms with van der Waals surface area (Å²) in [6.07, 6.45) is 0. The van der Waals surface area contributed by atoms with Gasteiger partial charge in [0, 0.05) is 0 Å². The normalized spacial score (nSPS) is 4.00. The Morgan fingerprint density at radius 2 is 1.20 bits per heavy atom. The predicted octanol–water partition coefficient (Wildman–Crippen LogP) is 1.36. The molecule has 0 aliphatic rings. The summed E-state index contributed by atoms with van der Waals surface area (Å²) in [6.45, 7) is 5.00. The summed E-state index contributed by atoms with van der Waals surface area (Å²) in [6, 6.07) is 0. The van der Waals surface area contributed by atoms with E-state index in [-0.39, 0.29) is 0 Å². The van der Waals surface area contributed by atoms with Gasteiger partial charge in [-0.3, -0.25) is 0 Å². The number of hydrogen-bond acceptors (Lipinski definition) is 0. The van der Waals surface area contributed by atoms with Crippen molar-refractivity contribution in [1.82, 2.24) is 0 Å². The molecule has 0 aromatic carbocycles. The molecule has 1 radical (unpaired) electrons. The van der Waals surface area contributed by atoms with Gasteiger partial charge in [-0.25, -0.2) is 0 Å². The van der Waals surface area contributed by atoms with Gasteiger partial charge in [-0.2, -0.15) is 0 Å². The zero-order chi connectivity index (χ0) is 4.71. The summed E-state index contributed by atoms with van der Waals surface area (Å²) in [7, 11) is 0. The highest BCUT2D eigenvalue weighted by molar-refractivity contribution is 6.31. The molecular formula is C4H12Al. The van der Waals surface area contributed by atoms with Gasteiger partial charge < -0.3 is 0 Å². The number of rotatable bonds is 0. The van der Waals surface area contributed by atoms with Crippen molar-refractivity contribution < 1.29 is 0 Å². The van der Waals surface area contributed by atoms with Gasteiger partial charge in [-0.1, -0.05) is 13.8 Å². The molecule has 0 saturated heterocycles. The molecule has 0 amide bonds. The van der Waals surface area contributed by atoms with E-state index in [1.165, 1.54) is 0 Å². The molecule has 1 heteroatoms. The Bertz CT molecular complexity index is 3.61. The molecule has 0 nitrogen and oxygen atoms in total. The minimum atomic E-state index is 0.417. The molecule has 0 aliphatic carbocycles. The Morgan fingerprint density at radius 3 is 1.20 bits per heavy atom. The van der Waals surface area contributed by atoms with Crippen molar-refractivity contribution in [3.8, 4) is 0 Å². The van der Waals surface area contributed by atoms with Gasteiger partial charge in [0.2, 0.25) is 15.2 Å². The lowest BCUT2D eigenvalue weighted by atomic mass is 11.0. The molecule has 0 saturated carbocycles. The van der Waals surface area contributed by atoms with E-state index >= 15 is 0 Å². The molecule has 0 aliphatic heterocycles. The van der Waals surface area contributed by atoms with Crippen molar-refractivity contribution in [1.29, 1.82) is 0 Å². The van der Waals surface area contributed by atoms with Crippen molar-refractivity contribution in [2.75, 3.05) is 0 Å². The average molecular weight is 87.1 g/mol. The Morgan fingerprint density at radius 1 is 1.20 bits per heavy atom. The highest BCUT2D eigenvalue weighted by atomic mass is 27.1. The molecule has 0 spiro atoms. The third kappa shape index (κ3) is 103. The first-order valence-corrected chi connectivity index (χ1v) is 4.95. The maximum absolute atomic E-state index is 3.25. The molecular weight excluding hydrogens is 75.0 g/mol. The quantitative estimate of drug-likeness (QED) is 0.391. The Hall–Kier alpha value is 0.532. The van der Waals surface area contributed by atoms with Crippen molar-refractivity contribution >= 4 is 15.2 Å². The van der Waals surface area contributed by atoms with Gasteiger partial charge >= 0.3 is 0 Å². The highest BCUT2D eigenvalue weighted by Crippen LogP contribution is 1.36. The molecule has 0 fully saturated rings. The SMILES string of the molecule is [CH2]C.[CH3][AlH][CH3]. The summed E-state index contributed by atoms with van der Waals surface area (Å²) < 4.78 is 0. The fourth-order valence-corrected chi connectivity index (χ4v) is 0. The third-order valence-electron chi connectivity index (χ3n) is 0. The van der Waals surface area contributed by atoms with Gasteiger partial charge in [0.15, 0.2) is 0 Å². The van der Waals surface area contributed by atoms with Crippen LogP contribution in [0.5, 0.6) is 0 Å². The van der Waals surface area contributed by atoms with Crippen LogP contribution in [0.3, 0.4) is 0 Å². The van der Waals surface area contributed by atoms with E-state index < -0.39 is 0 Å². The van der Waals surface area contributed by atoms with Gasteiger partial charge in [0.05, 0.1) is 0 Å². The van der Waals surface area contributed by atoms with E-state index in [9.17, 15) is 0 Å². The monoisotopic (exact) mass is 87.1 g/mol. The first kappa shape index (κ1) is 9.11. The van der Waals surface area contributed by atoms with Crippen LogP contribution in [0.1, 0.15) is 6.92 Å². The van der Waals surface area contributed by atoms with Crippen molar-refractivity contribution in [3.05, 3.63) is 6.92 Å². The van der Waals surface area contributed by atoms with Crippen LogP contribution in [-0.2, 0) is 0 Å². The zero-order valence-electron chi connectivity index (χ0n) is 4.41. The smallest absolute Gasteiger partial charge is 0.109 e. The van der Waals surface area contributed by atoms with Crippen LogP contribution in [0.25, 0.3) is 0 Å². The molecule has 0 unspecified atom stereocenters. The molecule has 0 aromatic rings. The van der Waals surface area contributed by atoms with Crippen LogP contribution in [0, 0.1) is 6.92 Å². The molecule has 0 aromatic heterocycles. The van der Waals surface area contributed by atoms with Gasteiger partial charge in [-0.05, 0) is 0 Å². The zero-order valence-corrected chi connectivity index (χ0v) is 5.83. The van der Waals surface area contributed by atoms with E-state index in [0.717, 1.165) is 0 Å². The minimum absolute atomic E-state index is 0.417. The van der Waals surface area contributed by atoms with Crippen LogP contribution in [0.2, 0.25) is 11.6 Å². The molecule has 0 bridgehead atoms. The van der Waals surface area contributed by atoms with Crippen LogP contribution < -0.4 is 0 Å². The molecule has 0 atom stereocenters. The first-order chi connectivity index (χ1) is 2.41. The fraction of sp³-hybridized carbons (Fsp3) is 0.750. The van der Waals surface area contributed by atoms with Crippen molar-refractivity contribution in [2.45, 2.75) is 18.5 Å². The predicted molar refractivity (Wildman–Crippen MR) is 29.9 cm³/mol. The molecule has 31 valence electrons. The lowest BCUT2D eigenvalue weighted by Crippen LogP contribution is -1.53. The van der Waals surface area contributed by atoms with Gasteiger partial charge in [-0.15, -0.1) is 11.6 Å². The van der Waals surface area contributed by atoms with Crippen molar-refractivity contribution in [2.24, 2.45) is 0 Å². The summed E-state index contributed by atoms with van der Waals surface area (Å²) in [4.78, 5) is 0. The second kappa shape index (κ2) is 24.1. The summed E-state index contributed by atoms with van der Waals surface area (Å²) >= 11 is 0.417. The maximum Gasteiger partial charge on any atom is 0.229 e.